The fraction of sp³-hybridized carbons (Fsp3) is 1.00. The van der Waals surface area contributed by atoms with Crippen LogP contribution in [0.15, 0.2) is 0 Å². The predicted octanol–water partition coefficient (Wildman–Crippen LogP) is 4.57. The highest BCUT2D eigenvalue weighted by Gasteiger charge is 2.13. The maximum Gasteiger partial charge on any atom is 0.224 e. The Morgan fingerprint density at radius 1 is 0.875 bits per heavy atom. The third kappa shape index (κ3) is 10.7. The van der Waals surface area contributed by atoms with Crippen LogP contribution in [0, 0.1) is 5.41 Å². The highest BCUT2D eigenvalue weighted by molar-refractivity contribution is 6.25. The second-order valence-corrected chi connectivity index (χ2v) is 6.47. The summed E-state index contributed by atoms with van der Waals surface area (Å²) in [6.07, 6.45) is 12.2. The molecule has 0 atom stereocenters. The molecule has 0 amide bonds. The first-order valence-corrected chi connectivity index (χ1v) is 8.15. The van der Waals surface area contributed by atoms with Gasteiger partial charge in [0.25, 0.3) is 0 Å². The molecule has 0 saturated heterocycles. The molecule has 0 aliphatic rings. The van der Waals surface area contributed by atoms with Crippen LogP contribution in [0.1, 0.15) is 78.6 Å². The molecule has 0 aromatic rings. The first kappa shape index (κ1) is 16.2. The van der Waals surface area contributed by atoms with Gasteiger partial charge >= 0.3 is 0 Å². The molecule has 0 aliphatic carbocycles. The van der Waals surface area contributed by atoms with E-state index in [0.29, 0.717) is 5.41 Å². The van der Waals surface area contributed by atoms with Gasteiger partial charge in [0.15, 0.2) is 0 Å². The van der Waals surface area contributed by atoms with Crippen LogP contribution in [0.25, 0.3) is 0 Å². The Labute approximate surface area is 105 Å². The van der Waals surface area contributed by atoms with Gasteiger partial charge < -0.3 is 4.80 Å². The van der Waals surface area contributed by atoms with Gasteiger partial charge in [-0.15, -0.1) is 0 Å². The van der Waals surface area contributed by atoms with Crippen molar-refractivity contribution in [2.75, 3.05) is 0 Å². The zero-order chi connectivity index (χ0) is 12.3. The maximum absolute atomic E-state index is 8.67. The minimum absolute atomic E-state index is 0.163. The van der Waals surface area contributed by atoms with E-state index in [-0.39, 0.29) is 9.76 Å². The van der Waals surface area contributed by atoms with Crippen LogP contribution < -0.4 is 0 Å². The molecule has 96 valence electrons. The van der Waals surface area contributed by atoms with Gasteiger partial charge in [-0.1, -0.05) is 72.1 Å². The lowest BCUT2D eigenvalue weighted by molar-refractivity contribution is 0.307. The van der Waals surface area contributed by atoms with Crippen molar-refractivity contribution in [3.8, 4) is 0 Å². The molecule has 0 aromatic heterocycles. The van der Waals surface area contributed by atoms with E-state index >= 15 is 0 Å². The fourth-order valence-corrected chi connectivity index (χ4v) is 2.28. The quantitative estimate of drug-likeness (QED) is 0.415. The molecule has 0 heterocycles. The number of rotatable bonds is 11. The van der Waals surface area contributed by atoms with E-state index < -0.39 is 0 Å². The molecule has 0 rings (SSSR count). The highest BCUT2D eigenvalue weighted by Crippen LogP contribution is 2.27. The average Bonchev–Trinajstić information content (AvgIpc) is 2.27. The molecule has 0 aliphatic heterocycles. The van der Waals surface area contributed by atoms with Crippen LogP contribution in [-0.2, 0) is 0 Å². The Bertz CT molecular complexity index is 146. The summed E-state index contributed by atoms with van der Waals surface area (Å²) in [5.74, 6) is 0. The predicted molar refractivity (Wildman–Crippen MR) is 73.8 cm³/mol. The van der Waals surface area contributed by atoms with Crippen molar-refractivity contribution in [2.24, 2.45) is 5.41 Å². The molecule has 1 N–H and O–H groups in total. The van der Waals surface area contributed by atoms with Crippen molar-refractivity contribution < 1.29 is 4.80 Å². The lowest BCUT2D eigenvalue weighted by atomic mass is 9.84. The van der Waals surface area contributed by atoms with Gasteiger partial charge in [0.05, 0.1) is 0 Å². The van der Waals surface area contributed by atoms with Crippen molar-refractivity contribution in [1.29, 1.82) is 0 Å². The molecule has 0 saturated carbocycles. The second-order valence-electron chi connectivity index (χ2n) is 5.65. The van der Waals surface area contributed by atoms with Gasteiger partial charge in [0.2, 0.25) is 9.76 Å². The Morgan fingerprint density at radius 3 is 1.88 bits per heavy atom. The van der Waals surface area contributed by atoms with E-state index in [4.69, 9.17) is 4.80 Å². The van der Waals surface area contributed by atoms with Gasteiger partial charge in [-0.2, -0.15) is 0 Å². The van der Waals surface area contributed by atoms with E-state index in [1.807, 2.05) is 0 Å². The Hall–Kier alpha value is 0.177. The standard InChI is InChI=1S/C14H30OSi/c1-4-14(2,3)12-10-8-6-5-7-9-11-13-16-15/h15H,4-13H2,1-3H3. The smallest absolute Gasteiger partial charge is 0.224 e. The van der Waals surface area contributed by atoms with Crippen molar-refractivity contribution >= 4 is 9.76 Å². The minimum atomic E-state index is 0.163. The van der Waals surface area contributed by atoms with Gasteiger partial charge in [-0.05, 0) is 17.9 Å². The fourth-order valence-electron chi connectivity index (χ4n) is 1.87. The van der Waals surface area contributed by atoms with Crippen molar-refractivity contribution in [3.05, 3.63) is 0 Å². The molecule has 0 aromatic carbocycles. The van der Waals surface area contributed by atoms with Crippen molar-refractivity contribution in [3.63, 3.8) is 0 Å². The summed E-state index contributed by atoms with van der Waals surface area (Å²) in [7, 11) is 0.163. The summed E-state index contributed by atoms with van der Waals surface area (Å²) >= 11 is 0. The number of hydrogen-bond donors (Lipinski definition) is 1. The Balaban J connectivity index is 3.10. The van der Waals surface area contributed by atoms with E-state index in [0.717, 1.165) is 6.04 Å². The van der Waals surface area contributed by atoms with E-state index in [1.165, 1.54) is 57.8 Å². The molecule has 0 unspecified atom stereocenters. The minimum Gasteiger partial charge on any atom is -0.432 e. The lowest BCUT2D eigenvalue weighted by Gasteiger charge is -2.22. The molecule has 0 fully saturated rings. The number of hydrogen-bond acceptors (Lipinski definition) is 1. The SMILES string of the molecule is CCC(C)(C)CCCCCCCCC[Si]O. The normalized spacial score (nSPS) is 12.0. The average molecular weight is 242 g/mol. The van der Waals surface area contributed by atoms with Crippen LogP contribution in [-0.4, -0.2) is 14.6 Å². The molecular formula is C14H30OSi. The highest BCUT2D eigenvalue weighted by atomic mass is 28.2. The second kappa shape index (κ2) is 10.3. The van der Waals surface area contributed by atoms with Crippen LogP contribution in [0.5, 0.6) is 0 Å². The first-order valence-electron chi connectivity index (χ1n) is 6.99. The van der Waals surface area contributed by atoms with Gasteiger partial charge in [0, 0.05) is 0 Å². The van der Waals surface area contributed by atoms with Crippen molar-refractivity contribution in [1.82, 2.24) is 0 Å². The maximum atomic E-state index is 8.67. The molecule has 2 heteroatoms. The van der Waals surface area contributed by atoms with Gasteiger partial charge in [-0.3, -0.25) is 0 Å². The molecular weight excluding hydrogens is 212 g/mol. The largest absolute Gasteiger partial charge is 0.432 e. The third-order valence-electron chi connectivity index (χ3n) is 3.60. The monoisotopic (exact) mass is 242 g/mol. The zero-order valence-corrected chi connectivity index (χ0v) is 12.5. The Kier molecular flexibility index (Phi) is 10.5. The number of unbranched alkanes of at least 4 members (excludes halogenated alkanes) is 6. The molecule has 0 spiro atoms. The van der Waals surface area contributed by atoms with Gasteiger partial charge in [0.1, 0.15) is 0 Å². The molecule has 0 bridgehead atoms. The van der Waals surface area contributed by atoms with E-state index in [9.17, 15) is 0 Å². The summed E-state index contributed by atoms with van der Waals surface area (Å²) in [4.78, 5) is 8.67. The summed E-state index contributed by atoms with van der Waals surface area (Å²) in [5, 5.41) is 0. The summed E-state index contributed by atoms with van der Waals surface area (Å²) < 4.78 is 0. The summed E-state index contributed by atoms with van der Waals surface area (Å²) in [5.41, 5.74) is 0.558. The first-order chi connectivity index (χ1) is 7.62. The molecule has 1 nitrogen and oxygen atoms in total. The van der Waals surface area contributed by atoms with Crippen LogP contribution in [0.4, 0.5) is 0 Å². The van der Waals surface area contributed by atoms with E-state index in [2.05, 4.69) is 20.8 Å². The summed E-state index contributed by atoms with van der Waals surface area (Å²) in [6, 6.07) is 1.02. The lowest BCUT2D eigenvalue weighted by Crippen LogP contribution is -2.08. The van der Waals surface area contributed by atoms with Crippen molar-refractivity contribution in [2.45, 2.75) is 84.6 Å². The van der Waals surface area contributed by atoms with Crippen LogP contribution in [0.2, 0.25) is 6.04 Å². The molecule has 16 heavy (non-hydrogen) atoms. The molecule has 2 radical (unpaired) electrons. The Morgan fingerprint density at radius 2 is 1.38 bits per heavy atom. The van der Waals surface area contributed by atoms with E-state index in [1.54, 1.807) is 0 Å². The van der Waals surface area contributed by atoms with Gasteiger partial charge in [-0.25, -0.2) is 0 Å². The summed E-state index contributed by atoms with van der Waals surface area (Å²) in [6.45, 7) is 7.05. The zero-order valence-electron chi connectivity index (χ0n) is 11.5. The topological polar surface area (TPSA) is 20.2 Å². The van der Waals surface area contributed by atoms with Crippen LogP contribution >= 0.6 is 0 Å². The van der Waals surface area contributed by atoms with Crippen LogP contribution in [0.3, 0.4) is 0 Å². The third-order valence-corrected chi connectivity index (χ3v) is 4.18.